The lowest BCUT2D eigenvalue weighted by molar-refractivity contribution is 0.340. The quantitative estimate of drug-likeness (QED) is 0.477. The van der Waals surface area contributed by atoms with Crippen molar-refractivity contribution >= 4 is 21.7 Å². The van der Waals surface area contributed by atoms with Crippen molar-refractivity contribution < 1.29 is 4.74 Å². The molecule has 4 aromatic rings. The molecule has 2 aromatic carbocycles. The lowest BCUT2D eigenvalue weighted by Gasteiger charge is -2.05. The van der Waals surface area contributed by atoms with E-state index in [-0.39, 0.29) is 0 Å². The van der Waals surface area contributed by atoms with E-state index in [0.717, 1.165) is 38.5 Å². The second-order valence-electron chi connectivity index (χ2n) is 5.87. The number of imidazole rings is 2. The fraction of sp³-hybridized carbons (Fsp3) is 0.150. The predicted molar refractivity (Wildman–Crippen MR) is 104 cm³/mol. The van der Waals surface area contributed by atoms with E-state index in [1.807, 2.05) is 38.2 Å². The molecule has 0 unspecified atom stereocenters. The Labute approximate surface area is 154 Å². The molecule has 2 heterocycles. The van der Waals surface area contributed by atoms with Gasteiger partial charge in [-0.05, 0) is 48.9 Å². The maximum Gasteiger partial charge on any atom is 0.214 e. The molecule has 0 radical (unpaired) electrons. The highest BCUT2D eigenvalue weighted by Crippen LogP contribution is 2.27. The van der Waals surface area contributed by atoms with Gasteiger partial charge in [0.15, 0.2) is 0 Å². The summed E-state index contributed by atoms with van der Waals surface area (Å²) in [6.45, 7) is 2.67. The van der Waals surface area contributed by atoms with Gasteiger partial charge in [0.2, 0.25) is 5.78 Å². The first-order valence-corrected chi connectivity index (χ1v) is 8.98. The summed E-state index contributed by atoms with van der Waals surface area (Å²) in [7, 11) is 2.04. The van der Waals surface area contributed by atoms with Crippen LogP contribution in [0.15, 0.2) is 65.4 Å². The van der Waals surface area contributed by atoms with Gasteiger partial charge >= 0.3 is 0 Å². The molecule has 2 aromatic heterocycles. The highest BCUT2D eigenvalue weighted by Gasteiger charge is 2.12. The van der Waals surface area contributed by atoms with Gasteiger partial charge in [0.05, 0.1) is 18.0 Å². The van der Waals surface area contributed by atoms with E-state index in [1.165, 1.54) is 0 Å². The van der Waals surface area contributed by atoms with Crippen LogP contribution in [0.3, 0.4) is 0 Å². The van der Waals surface area contributed by atoms with Crippen LogP contribution in [0.2, 0.25) is 0 Å². The number of fused-ring (bicyclic) bond motifs is 1. The lowest BCUT2D eigenvalue weighted by atomic mass is 10.1. The number of rotatable bonds is 4. The normalized spacial score (nSPS) is 11.2. The summed E-state index contributed by atoms with van der Waals surface area (Å²) < 4.78 is 10.8. The number of halogens is 1. The number of nitrogens with zero attached hydrogens (tertiary/aromatic N) is 3. The minimum Gasteiger partial charge on any atom is -0.494 e. The SMILES string of the molecule is CCOc1ccc(-c2cn3cc(-c4ccc(Br)cc4)nc3n2C)cc1. The van der Waals surface area contributed by atoms with Crippen LogP contribution in [0.5, 0.6) is 5.75 Å². The number of aryl methyl sites for hydroxylation is 1. The Hall–Kier alpha value is -2.53. The largest absolute Gasteiger partial charge is 0.494 e. The molecule has 0 bridgehead atoms. The van der Waals surface area contributed by atoms with Gasteiger partial charge in [-0.1, -0.05) is 28.1 Å². The standard InChI is InChI=1S/C20H18BrN3O/c1-3-25-17-10-6-15(7-11-17)19-13-24-12-18(22-20(24)23(19)2)14-4-8-16(21)9-5-14/h4-13H,3H2,1-2H3. The molecule has 5 heteroatoms. The van der Waals surface area contributed by atoms with Crippen molar-refractivity contribution in [3.63, 3.8) is 0 Å². The molecule has 0 fully saturated rings. The lowest BCUT2D eigenvalue weighted by Crippen LogP contribution is -1.94. The first-order chi connectivity index (χ1) is 12.2. The van der Waals surface area contributed by atoms with Crippen LogP contribution in [0, 0.1) is 0 Å². The number of ether oxygens (including phenoxy) is 1. The van der Waals surface area contributed by atoms with Crippen molar-refractivity contribution in [3.8, 4) is 28.3 Å². The molecule has 0 amide bonds. The van der Waals surface area contributed by atoms with Gasteiger partial charge in [-0.3, -0.25) is 4.40 Å². The van der Waals surface area contributed by atoms with Crippen LogP contribution in [0.4, 0.5) is 0 Å². The number of benzene rings is 2. The van der Waals surface area contributed by atoms with Crippen LogP contribution in [-0.2, 0) is 7.05 Å². The molecular formula is C20H18BrN3O. The molecule has 0 aliphatic carbocycles. The molecule has 0 spiro atoms. The van der Waals surface area contributed by atoms with Crippen molar-refractivity contribution in [1.82, 2.24) is 14.0 Å². The number of hydrogen-bond donors (Lipinski definition) is 0. The highest BCUT2D eigenvalue weighted by atomic mass is 79.9. The summed E-state index contributed by atoms with van der Waals surface area (Å²) in [5.74, 6) is 1.81. The molecule has 4 nitrogen and oxygen atoms in total. The van der Waals surface area contributed by atoms with Gasteiger partial charge in [0.1, 0.15) is 5.75 Å². The zero-order valence-electron chi connectivity index (χ0n) is 14.1. The molecule has 0 aliphatic heterocycles. The van der Waals surface area contributed by atoms with Crippen molar-refractivity contribution in [2.75, 3.05) is 6.61 Å². The van der Waals surface area contributed by atoms with Gasteiger partial charge in [-0.2, -0.15) is 0 Å². The predicted octanol–water partition coefficient (Wildman–Crippen LogP) is 5.17. The molecule has 0 saturated heterocycles. The van der Waals surface area contributed by atoms with E-state index < -0.39 is 0 Å². The maximum atomic E-state index is 5.52. The Morgan fingerprint density at radius 3 is 2.28 bits per heavy atom. The second-order valence-corrected chi connectivity index (χ2v) is 6.79. The molecule has 0 atom stereocenters. The Morgan fingerprint density at radius 2 is 1.64 bits per heavy atom. The summed E-state index contributed by atoms with van der Waals surface area (Å²) in [5.41, 5.74) is 4.33. The maximum absolute atomic E-state index is 5.52. The molecule has 0 aliphatic rings. The Balaban J connectivity index is 1.71. The van der Waals surface area contributed by atoms with Gasteiger partial charge in [-0.25, -0.2) is 4.98 Å². The summed E-state index contributed by atoms with van der Waals surface area (Å²) in [4.78, 5) is 4.79. The summed E-state index contributed by atoms with van der Waals surface area (Å²) >= 11 is 3.47. The van der Waals surface area contributed by atoms with E-state index in [9.17, 15) is 0 Å². The van der Waals surface area contributed by atoms with E-state index in [0.29, 0.717) is 6.61 Å². The third-order valence-corrected chi connectivity index (χ3v) is 4.77. The van der Waals surface area contributed by atoms with Crippen LogP contribution in [-0.4, -0.2) is 20.6 Å². The van der Waals surface area contributed by atoms with Crippen LogP contribution < -0.4 is 4.74 Å². The van der Waals surface area contributed by atoms with E-state index in [2.05, 4.69) is 61.6 Å². The van der Waals surface area contributed by atoms with Crippen molar-refractivity contribution in [2.24, 2.45) is 7.05 Å². The third-order valence-electron chi connectivity index (χ3n) is 4.24. The first-order valence-electron chi connectivity index (χ1n) is 8.19. The molecule has 4 rings (SSSR count). The summed E-state index contributed by atoms with van der Waals surface area (Å²) in [6.07, 6.45) is 4.18. The minimum atomic E-state index is 0.677. The summed E-state index contributed by atoms with van der Waals surface area (Å²) in [6, 6.07) is 16.4. The average molecular weight is 396 g/mol. The molecule has 25 heavy (non-hydrogen) atoms. The van der Waals surface area contributed by atoms with Gasteiger partial charge in [0.25, 0.3) is 0 Å². The molecule has 0 saturated carbocycles. The molecule has 0 N–H and O–H groups in total. The minimum absolute atomic E-state index is 0.677. The Bertz CT molecular complexity index is 1010. The Morgan fingerprint density at radius 1 is 0.960 bits per heavy atom. The van der Waals surface area contributed by atoms with Crippen molar-refractivity contribution in [2.45, 2.75) is 6.92 Å². The average Bonchev–Trinajstić information content (AvgIpc) is 3.17. The van der Waals surface area contributed by atoms with Crippen LogP contribution in [0.1, 0.15) is 6.92 Å². The Kier molecular flexibility index (Phi) is 4.09. The summed E-state index contributed by atoms with van der Waals surface area (Å²) in [5, 5.41) is 0. The zero-order valence-corrected chi connectivity index (χ0v) is 15.7. The third kappa shape index (κ3) is 2.96. The fourth-order valence-corrected chi connectivity index (χ4v) is 3.23. The highest BCUT2D eigenvalue weighted by molar-refractivity contribution is 9.10. The molecular weight excluding hydrogens is 378 g/mol. The van der Waals surface area contributed by atoms with E-state index >= 15 is 0 Å². The van der Waals surface area contributed by atoms with Crippen molar-refractivity contribution in [3.05, 3.63) is 65.4 Å². The van der Waals surface area contributed by atoms with Crippen molar-refractivity contribution in [1.29, 1.82) is 0 Å². The van der Waals surface area contributed by atoms with E-state index in [1.54, 1.807) is 0 Å². The number of hydrogen-bond acceptors (Lipinski definition) is 2. The van der Waals surface area contributed by atoms with Gasteiger partial charge in [-0.15, -0.1) is 0 Å². The van der Waals surface area contributed by atoms with E-state index in [4.69, 9.17) is 9.72 Å². The van der Waals surface area contributed by atoms with Crippen LogP contribution in [0.25, 0.3) is 28.3 Å². The first kappa shape index (κ1) is 16.0. The fourth-order valence-electron chi connectivity index (χ4n) is 2.97. The van der Waals surface area contributed by atoms with Crippen LogP contribution >= 0.6 is 15.9 Å². The molecule has 126 valence electrons. The smallest absolute Gasteiger partial charge is 0.214 e. The monoisotopic (exact) mass is 395 g/mol. The number of aromatic nitrogens is 3. The zero-order chi connectivity index (χ0) is 17.4. The topological polar surface area (TPSA) is 31.5 Å². The second kappa shape index (κ2) is 6.41. The van der Waals surface area contributed by atoms with Gasteiger partial charge < -0.3 is 9.30 Å². The van der Waals surface area contributed by atoms with Gasteiger partial charge in [0, 0.05) is 29.5 Å².